The topological polar surface area (TPSA) is 73.1 Å². The number of unbranched alkanes of at least 4 members (excludes halogenated alkanes) is 6. The van der Waals surface area contributed by atoms with E-state index in [1.54, 1.807) is 6.20 Å². The molecular weight excluding hydrogens is 264 g/mol. The molecule has 0 aliphatic carbocycles. The number of nitrogens with one attached hydrogen (secondary N) is 1. The second kappa shape index (κ2) is 11.2. The summed E-state index contributed by atoms with van der Waals surface area (Å²) in [5.74, 6) is 1.69. The van der Waals surface area contributed by atoms with Crippen LogP contribution in [-0.4, -0.2) is 23.1 Å². The maximum atomic E-state index is 5.79. The third-order valence-corrected chi connectivity index (χ3v) is 3.35. The number of rotatable bonds is 12. The highest BCUT2D eigenvalue weighted by Crippen LogP contribution is 2.22. The van der Waals surface area contributed by atoms with Crippen molar-refractivity contribution < 1.29 is 4.74 Å². The van der Waals surface area contributed by atoms with Crippen molar-refractivity contribution in [2.45, 2.75) is 65.2 Å². The van der Waals surface area contributed by atoms with Crippen LogP contribution in [0.3, 0.4) is 0 Å². The molecule has 0 spiro atoms. The van der Waals surface area contributed by atoms with Crippen molar-refractivity contribution in [2.75, 3.05) is 24.2 Å². The molecule has 0 amide bonds. The van der Waals surface area contributed by atoms with Crippen molar-refractivity contribution >= 4 is 11.8 Å². The van der Waals surface area contributed by atoms with Gasteiger partial charge < -0.3 is 15.8 Å². The van der Waals surface area contributed by atoms with E-state index in [9.17, 15) is 0 Å². The Morgan fingerprint density at radius 1 is 1.05 bits per heavy atom. The van der Waals surface area contributed by atoms with Crippen molar-refractivity contribution in [3.8, 4) is 5.75 Å². The minimum atomic E-state index is 0.279. The van der Waals surface area contributed by atoms with E-state index >= 15 is 0 Å². The van der Waals surface area contributed by atoms with Crippen LogP contribution in [0.2, 0.25) is 0 Å². The predicted octanol–water partition coefficient (Wildman–Crippen LogP) is 4.01. The van der Waals surface area contributed by atoms with E-state index in [-0.39, 0.29) is 5.95 Å². The van der Waals surface area contributed by atoms with Crippen LogP contribution in [0, 0.1) is 0 Å². The average molecular weight is 294 g/mol. The third-order valence-electron chi connectivity index (χ3n) is 3.35. The molecule has 0 unspecified atom stereocenters. The minimum Gasteiger partial charge on any atom is -0.488 e. The monoisotopic (exact) mass is 294 g/mol. The number of nitrogens with two attached hydrogens (primary N) is 1. The number of nitrogen functional groups attached to an aromatic ring is 1. The van der Waals surface area contributed by atoms with Crippen molar-refractivity contribution in [1.82, 2.24) is 9.97 Å². The van der Waals surface area contributed by atoms with Gasteiger partial charge in [-0.1, -0.05) is 52.4 Å². The molecule has 0 aliphatic heterocycles. The first-order valence-electron chi connectivity index (χ1n) is 8.27. The van der Waals surface area contributed by atoms with Crippen LogP contribution in [-0.2, 0) is 0 Å². The quantitative estimate of drug-likeness (QED) is 0.570. The maximum absolute atomic E-state index is 5.79. The summed E-state index contributed by atoms with van der Waals surface area (Å²) >= 11 is 0. The molecule has 21 heavy (non-hydrogen) atoms. The summed E-state index contributed by atoms with van der Waals surface area (Å²) in [5.41, 5.74) is 5.64. The Bertz CT molecular complexity index is 385. The van der Waals surface area contributed by atoms with Crippen LogP contribution >= 0.6 is 0 Å². The molecule has 0 aliphatic rings. The molecule has 1 aromatic heterocycles. The highest BCUT2D eigenvalue weighted by Gasteiger charge is 2.06. The largest absolute Gasteiger partial charge is 0.488 e. The van der Waals surface area contributed by atoms with Gasteiger partial charge >= 0.3 is 0 Å². The van der Waals surface area contributed by atoms with Crippen LogP contribution in [0.1, 0.15) is 65.2 Å². The van der Waals surface area contributed by atoms with Crippen molar-refractivity contribution in [3.05, 3.63) is 6.20 Å². The number of nitrogens with zero attached hydrogens (tertiary/aromatic N) is 2. The fourth-order valence-electron chi connectivity index (χ4n) is 2.06. The molecule has 5 nitrogen and oxygen atoms in total. The van der Waals surface area contributed by atoms with Gasteiger partial charge in [-0.15, -0.1) is 0 Å². The molecule has 1 heterocycles. The van der Waals surface area contributed by atoms with Crippen molar-refractivity contribution in [3.63, 3.8) is 0 Å². The molecule has 0 fully saturated rings. The zero-order valence-electron chi connectivity index (χ0n) is 13.5. The molecule has 0 saturated heterocycles. The minimum absolute atomic E-state index is 0.279. The summed E-state index contributed by atoms with van der Waals surface area (Å²) in [5, 5.41) is 3.27. The van der Waals surface area contributed by atoms with E-state index in [0.717, 1.165) is 25.8 Å². The maximum Gasteiger partial charge on any atom is 0.222 e. The lowest BCUT2D eigenvalue weighted by Gasteiger charge is -2.12. The molecule has 0 aromatic carbocycles. The highest BCUT2D eigenvalue weighted by molar-refractivity contribution is 5.51. The van der Waals surface area contributed by atoms with Crippen LogP contribution in [0.25, 0.3) is 0 Å². The number of hydrogen-bond acceptors (Lipinski definition) is 5. The Kier molecular flexibility index (Phi) is 9.33. The summed E-state index contributed by atoms with van der Waals surface area (Å²) in [6.07, 6.45) is 11.4. The first kappa shape index (κ1) is 17.5. The Balaban J connectivity index is 2.32. The number of aromatic nitrogens is 2. The van der Waals surface area contributed by atoms with Crippen molar-refractivity contribution in [1.29, 1.82) is 0 Å². The summed E-state index contributed by atoms with van der Waals surface area (Å²) in [6.45, 7) is 5.98. The van der Waals surface area contributed by atoms with Gasteiger partial charge in [-0.05, 0) is 12.8 Å². The Morgan fingerprint density at radius 3 is 2.52 bits per heavy atom. The molecule has 1 aromatic rings. The Morgan fingerprint density at radius 2 is 1.76 bits per heavy atom. The van der Waals surface area contributed by atoms with Gasteiger partial charge in [0, 0.05) is 6.54 Å². The summed E-state index contributed by atoms with van der Waals surface area (Å²) in [4.78, 5) is 8.22. The van der Waals surface area contributed by atoms with E-state index < -0.39 is 0 Å². The summed E-state index contributed by atoms with van der Waals surface area (Å²) in [6, 6.07) is 0. The third kappa shape index (κ3) is 7.73. The molecule has 0 saturated carbocycles. The molecular formula is C16H30N4O. The van der Waals surface area contributed by atoms with Gasteiger partial charge in [0.25, 0.3) is 0 Å². The van der Waals surface area contributed by atoms with Crippen molar-refractivity contribution in [2.24, 2.45) is 0 Å². The standard InChI is InChI=1S/C16H30N4O/c1-3-5-7-8-9-10-12-21-14-13-19-16(17)20-15(14)18-11-6-4-2/h13H,3-12H2,1-2H3,(H3,17,18,19,20). The molecule has 3 N–H and O–H groups in total. The second-order valence-corrected chi connectivity index (χ2v) is 5.34. The highest BCUT2D eigenvalue weighted by atomic mass is 16.5. The Hall–Kier alpha value is -1.52. The molecule has 120 valence electrons. The van der Waals surface area contributed by atoms with Crippen LogP contribution in [0.4, 0.5) is 11.8 Å². The van der Waals surface area contributed by atoms with Crippen LogP contribution in [0.5, 0.6) is 5.75 Å². The van der Waals surface area contributed by atoms with E-state index in [1.807, 2.05) is 0 Å². The van der Waals surface area contributed by atoms with Gasteiger partial charge in [0.05, 0.1) is 12.8 Å². The van der Waals surface area contributed by atoms with Gasteiger partial charge in [-0.25, -0.2) is 4.98 Å². The lowest BCUT2D eigenvalue weighted by atomic mass is 10.1. The van der Waals surface area contributed by atoms with Crippen LogP contribution < -0.4 is 15.8 Å². The zero-order valence-corrected chi connectivity index (χ0v) is 13.5. The zero-order chi connectivity index (χ0) is 15.3. The van der Waals surface area contributed by atoms with Gasteiger partial charge in [-0.2, -0.15) is 4.98 Å². The Labute approximate surface area is 128 Å². The van der Waals surface area contributed by atoms with Gasteiger partial charge in [0.15, 0.2) is 11.6 Å². The number of hydrogen-bond donors (Lipinski definition) is 2. The fraction of sp³-hybridized carbons (Fsp3) is 0.750. The molecule has 1 rings (SSSR count). The summed E-state index contributed by atoms with van der Waals surface area (Å²) < 4.78 is 5.79. The van der Waals surface area contributed by atoms with E-state index in [1.165, 1.54) is 32.1 Å². The lowest BCUT2D eigenvalue weighted by Crippen LogP contribution is -2.09. The lowest BCUT2D eigenvalue weighted by molar-refractivity contribution is 0.303. The fourth-order valence-corrected chi connectivity index (χ4v) is 2.06. The summed E-state index contributed by atoms with van der Waals surface area (Å²) in [7, 11) is 0. The normalized spacial score (nSPS) is 10.6. The molecule has 0 radical (unpaired) electrons. The SMILES string of the molecule is CCCCCCCCOc1cnc(N)nc1NCCCC. The first-order valence-corrected chi connectivity index (χ1v) is 8.27. The van der Waals surface area contributed by atoms with E-state index in [4.69, 9.17) is 10.5 Å². The number of anilines is 2. The molecule has 0 bridgehead atoms. The van der Waals surface area contributed by atoms with Gasteiger partial charge in [0.2, 0.25) is 5.95 Å². The van der Waals surface area contributed by atoms with Gasteiger partial charge in [0.1, 0.15) is 0 Å². The van der Waals surface area contributed by atoms with E-state index in [0.29, 0.717) is 18.2 Å². The average Bonchev–Trinajstić information content (AvgIpc) is 2.48. The van der Waals surface area contributed by atoms with E-state index in [2.05, 4.69) is 29.1 Å². The second-order valence-electron chi connectivity index (χ2n) is 5.34. The smallest absolute Gasteiger partial charge is 0.222 e. The van der Waals surface area contributed by atoms with Gasteiger partial charge in [-0.3, -0.25) is 0 Å². The molecule has 0 atom stereocenters. The predicted molar refractivity (Wildman–Crippen MR) is 88.7 cm³/mol. The van der Waals surface area contributed by atoms with Crippen LogP contribution in [0.15, 0.2) is 6.20 Å². The molecule has 5 heteroatoms. The number of ether oxygens (including phenoxy) is 1. The first-order chi connectivity index (χ1) is 10.3.